The molecule has 0 aliphatic heterocycles. The number of hydrogen-bond donors (Lipinski definition) is 1. The van der Waals surface area contributed by atoms with Crippen molar-refractivity contribution < 1.29 is 9.13 Å². The Morgan fingerprint density at radius 3 is 2.72 bits per heavy atom. The molecular formula is C12H9Cl2FN2O. The predicted molar refractivity (Wildman–Crippen MR) is 68.6 cm³/mol. The summed E-state index contributed by atoms with van der Waals surface area (Å²) in [5.41, 5.74) is 5.72. The van der Waals surface area contributed by atoms with Crippen LogP contribution >= 0.6 is 23.2 Å². The molecule has 6 heteroatoms. The SMILES string of the molecule is NCc1ccnc(Oc2ccc(Cl)cc2Cl)c1F. The summed E-state index contributed by atoms with van der Waals surface area (Å²) in [6.45, 7) is 0.0685. The van der Waals surface area contributed by atoms with Crippen molar-refractivity contribution in [3.8, 4) is 11.6 Å². The van der Waals surface area contributed by atoms with Gasteiger partial charge >= 0.3 is 0 Å². The minimum absolute atomic E-state index is 0.0685. The molecule has 1 aromatic heterocycles. The number of pyridine rings is 1. The topological polar surface area (TPSA) is 48.1 Å². The van der Waals surface area contributed by atoms with Gasteiger partial charge < -0.3 is 10.5 Å². The fourth-order valence-corrected chi connectivity index (χ4v) is 1.80. The van der Waals surface area contributed by atoms with E-state index >= 15 is 0 Å². The first kappa shape index (κ1) is 13.1. The summed E-state index contributed by atoms with van der Waals surface area (Å²) in [4.78, 5) is 3.80. The van der Waals surface area contributed by atoms with Gasteiger partial charge in [0.2, 0.25) is 0 Å². The van der Waals surface area contributed by atoms with Crippen LogP contribution in [-0.2, 0) is 6.54 Å². The Labute approximate surface area is 113 Å². The summed E-state index contributed by atoms with van der Waals surface area (Å²) in [5, 5.41) is 0.748. The van der Waals surface area contributed by atoms with Crippen molar-refractivity contribution in [1.29, 1.82) is 0 Å². The third-order valence-electron chi connectivity index (χ3n) is 2.26. The Kier molecular flexibility index (Phi) is 4.01. The fourth-order valence-electron chi connectivity index (χ4n) is 1.35. The van der Waals surface area contributed by atoms with Crippen molar-refractivity contribution in [2.24, 2.45) is 5.73 Å². The highest BCUT2D eigenvalue weighted by molar-refractivity contribution is 6.35. The van der Waals surface area contributed by atoms with Gasteiger partial charge in [0.05, 0.1) is 5.02 Å². The number of nitrogens with zero attached hydrogens (tertiary/aromatic N) is 1. The van der Waals surface area contributed by atoms with Gasteiger partial charge in [0, 0.05) is 23.3 Å². The Morgan fingerprint density at radius 1 is 1.28 bits per heavy atom. The predicted octanol–water partition coefficient (Wildman–Crippen LogP) is 3.78. The number of halogens is 3. The molecule has 0 aliphatic rings. The maximum atomic E-state index is 13.8. The van der Waals surface area contributed by atoms with Crippen LogP contribution in [0.15, 0.2) is 30.5 Å². The lowest BCUT2D eigenvalue weighted by atomic mass is 10.2. The molecule has 3 nitrogen and oxygen atoms in total. The molecule has 1 aromatic carbocycles. The second kappa shape index (κ2) is 5.52. The summed E-state index contributed by atoms with van der Waals surface area (Å²) >= 11 is 11.7. The quantitative estimate of drug-likeness (QED) is 0.934. The first-order chi connectivity index (χ1) is 8.61. The zero-order valence-corrected chi connectivity index (χ0v) is 10.7. The van der Waals surface area contributed by atoms with E-state index in [-0.39, 0.29) is 23.2 Å². The molecule has 0 unspecified atom stereocenters. The molecule has 0 aliphatic carbocycles. The summed E-state index contributed by atoms with van der Waals surface area (Å²) in [6, 6.07) is 6.13. The molecule has 0 spiro atoms. The number of aromatic nitrogens is 1. The van der Waals surface area contributed by atoms with Crippen LogP contribution in [-0.4, -0.2) is 4.98 Å². The van der Waals surface area contributed by atoms with E-state index in [2.05, 4.69) is 4.98 Å². The molecule has 0 fully saturated rings. The molecule has 0 atom stereocenters. The summed E-state index contributed by atoms with van der Waals surface area (Å²) < 4.78 is 19.1. The third-order valence-corrected chi connectivity index (χ3v) is 2.79. The van der Waals surface area contributed by atoms with Crippen LogP contribution in [0, 0.1) is 5.82 Å². The molecule has 0 saturated carbocycles. The molecule has 1 heterocycles. The maximum Gasteiger partial charge on any atom is 0.256 e. The first-order valence-electron chi connectivity index (χ1n) is 5.08. The first-order valence-corrected chi connectivity index (χ1v) is 5.83. The van der Waals surface area contributed by atoms with Crippen LogP contribution < -0.4 is 10.5 Å². The van der Waals surface area contributed by atoms with E-state index in [1.54, 1.807) is 12.1 Å². The number of rotatable bonds is 3. The molecule has 0 amide bonds. The Bertz CT molecular complexity index is 578. The smallest absolute Gasteiger partial charge is 0.256 e. The van der Waals surface area contributed by atoms with Crippen LogP contribution in [0.2, 0.25) is 10.0 Å². The Hall–Kier alpha value is -1.36. The van der Waals surface area contributed by atoms with Gasteiger partial charge in [-0.3, -0.25) is 0 Å². The number of hydrogen-bond acceptors (Lipinski definition) is 3. The van der Waals surface area contributed by atoms with E-state index in [1.807, 2.05) is 0 Å². The third kappa shape index (κ3) is 2.72. The largest absolute Gasteiger partial charge is 0.435 e. The molecule has 18 heavy (non-hydrogen) atoms. The van der Waals surface area contributed by atoms with Crippen LogP contribution in [0.5, 0.6) is 11.6 Å². The van der Waals surface area contributed by atoms with E-state index < -0.39 is 5.82 Å². The van der Waals surface area contributed by atoms with E-state index in [1.165, 1.54) is 18.3 Å². The lowest BCUT2D eigenvalue weighted by molar-refractivity contribution is 0.419. The highest BCUT2D eigenvalue weighted by atomic mass is 35.5. The van der Waals surface area contributed by atoms with Crippen LogP contribution in [0.25, 0.3) is 0 Å². The van der Waals surface area contributed by atoms with Crippen molar-refractivity contribution in [2.45, 2.75) is 6.54 Å². The van der Waals surface area contributed by atoms with E-state index in [9.17, 15) is 4.39 Å². The average molecular weight is 287 g/mol. The number of ether oxygens (including phenoxy) is 1. The highest BCUT2D eigenvalue weighted by Crippen LogP contribution is 2.32. The minimum atomic E-state index is -0.592. The monoisotopic (exact) mass is 286 g/mol. The molecular weight excluding hydrogens is 278 g/mol. The lowest BCUT2D eigenvalue weighted by Crippen LogP contribution is -2.02. The standard InChI is InChI=1S/C12H9Cl2FN2O/c13-8-1-2-10(9(14)5-8)18-12-11(15)7(6-16)3-4-17-12/h1-5H,6,16H2. The molecule has 0 saturated heterocycles. The number of benzene rings is 1. The Balaban J connectivity index is 2.34. The lowest BCUT2D eigenvalue weighted by Gasteiger charge is -2.09. The van der Waals surface area contributed by atoms with Crippen molar-refractivity contribution in [2.75, 3.05) is 0 Å². The second-order valence-corrected chi connectivity index (χ2v) is 4.31. The van der Waals surface area contributed by atoms with Gasteiger partial charge in [-0.2, -0.15) is 0 Å². The Morgan fingerprint density at radius 2 is 2.06 bits per heavy atom. The summed E-state index contributed by atoms with van der Waals surface area (Å²) in [5.74, 6) is -0.477. The molecule has 2 rings (SSSR count). The van der Waals surface area contributed by atoms with E-state index in [4.69, 9.17) is 33.7 Å². The van der Waals surface area contributed by atoms with Gasteiger partial charge in [0.15, 0.2) is 5.82 Å². The highest BCUT2D eigenvalue weighted by Gasteiger charge is 2.12. The van der Waals surface area contributed by atoms with Gasteiger partial charge in [-0.25, -0.2) is 9.37 Å². The summed E-state index contributed by atoms with van der Waals surface area (Å²) in [7, 11) is 0. The van der Waals surface area contributed by atoms with E-state index in [0.29, 0.717) is 10.6 Å². The average Bonchev–Trinajstić information content (AvgIpc) is 2.35. The van der Waals surface area contributed by atoms with Crippen molar-refractivity contribution in [3.05, 3.63) is 51.9 Å². The van der Waals surface area contributed by atoms with Gasteiger partial charge in [-0.1, -0.05) is 23.2 Å². The maximum absolute atomic E-state index is 13.8. The van der Waals surface area contributed by atoms with Crippen molar-refractivity contribution in [3.63, 3.8) is 0 Å². The fraction of sp³-hybridized carbons (Fsp3) is 0.0833. The van der Waals surface area contributed by atoms with Crippen molar-refractivity contribution in [1.82, 2.24) is 4.98 Å². The van der Waals surface area contributed by atoms with Crippen LogP contribution in [0.4, 0.5) is 4.39 Å². The van der Waals surface area contributed by atoms with Crippen LogP contribution in [0.3, 0.4) is 0 Å². The molecule has 2 aromatic rings. The number of nitrogens with two attached hydrogens (primary N) is 1. The van der Waals surface area contributed by atoms with Gasteiger partial charge in [0.1, 0.15) is 5.75 Å². The zero-order chi connectivity index (χ0) is 13.1. The van der Waals surface area contributed by atoms with Crippen LogP contribution in [0.1, 0.15) is 5.56 Å². The minimum Gasteiger partial charge on any atom is -0.435 e. The zero-order valence-electron chi connectivity index (χ0n) is 9.16. The molecule has 2 N–H and O–H groups in total. The normalized spacial score (nSPS) is 10.4. The van der Waals surface area contributed by atoms with Gasteiger partial charge in [0.25, 0.3) is 5.88 Å². The summed E-state index contributed by atoms with van der Waals surface area (Å²) in [6.07, 6.45) is 1.42. The van der Waals surface area contributed by atoms with Gasteiger partial charge in [-0.15, -0.1) is 0 Å². The van der Waals surface area contributed by atoms with E-state index in [0.717, 1.165) is 0 Å². The van der Waals surface area contributed by atoms with Crippen molar-refractivity contribution >= 4 is 23.2 Å². The molecule has 94 valence electrons. The second-order valence-electron chi connectivity index (χ2n) is 3.47. The molecule has 0 radical (unpaired) electrons. The molecule has 0 bridgehead atoms. The van der Waals surface area contributed by atoms with Gasteiger partial charge in [-0.05, 0) is 24.3 Å².